The Bertz CT molecular complexity index is 513. The third-order valence-electron chi connectivity index (χ3n) is 3.47. The largest absolute Gasteiger partial charge is 0.481 e. The molecule has 0 aromatic heterocycles. The molecule has 18 heavy (non-hydrogen) atoms. The maximum Gasteiger partial charge on any atom is 0.307 e. The van der Waals surface area contributed by atoms with E-state index >= 15 is 0 Å². The van der Waals surface area contributed by atoms with E-state index in [2.05, 4.69) is 5.32 Å². The summed E-state index contributed by atoms with van der Waals surface area (Å²) >= 11 is 0. The zero-order chi connectivity index (χ0) is 13.5. The number of rotatable bonds is 3. The Morgan fingerprint density at radius 2 is 2.00 bits per heavy atom. The number of carboxylic acid groups (broad SMARTS) is 1. The number of benzene rings is 1. The van der Waals surface area contributed by atoms with E-state index in [4.69, 9.17) is 5.11 Å². The first kappa shape index (κ1) is 12.5. The van der Waals surface area contributed by atoms with Crippen LogP contribution in [0.15, 0.2) is 24.3 Å². The number of hydrogen-bond acceptors (Lipinski definition) is 2. The minimum Gasteiger partial charge on any atom is -0.481 e. The van der Waals surface area contributed by atoms with E-state index in [1.807, 2.05) is 0 Å². The highest BCUT2D eigenvalue weighted by Gasteiger charge is 2.65. The molecule has 2 unspecified atom stereocenters. The summed E-state index contributed by atoms with van der Waals surface area (Å²) in [6, 6.07) is 5.52. The van der Waals surface area contributed by atoms with Crippen LogP contribution in [0.25, 0.3) is 0 Å². The highest BCUT2D eigenvalue weighted by molar-refractivity contribution is 5.99. The fourth-order valence-electron chi connectivity index (χ4n) is 2.37. The lowest BCUT2D eigenvalue weighted by molar-refractivity contribution is -0.140. The first-order valence-corrected chi connectivity index (χ1v) is 5.63. The molecule has 96 valence electrons. The van der Waals surface area contributed by atoms with Gasteiger partial charge in [-0.3, -0.25) is 9.59 Å². The van der Waals surface area contributed by atoms with Crippen molar-refractivity contribution in [2.45, 2.75) is 13.8 Å². The van der Waals surface area contributed by atoms with Crippen molar-refractivity contribution < 1.29 is 19.1 Å². The Morgan fingerprint density at radius 1 is 1.33 bits per heavy atom. The van der Waals surface area contributed by atoms with Gasteiger partial charge in [-0.2, -0.15) is 0 Å². The zero-order valence-corrected chi connectivity index (χ0v) is 10.1. The molecule has 0 bridgehead atoms. The number of nitrogens with one attached hydrogen (secondary N) is 1. The maximum atomic E-state index is 12.9. The van der Waals surface area contributed by atoms with E-state index in [0.717, 1.165) is 0 Å². The average Bonchev–Trinajstić information content (AvgIpc) is 2.81. The maximum absolute atomic E-state index is 12.9. The Kier molecular flexibility index (Phi) is 2.84. The van der Waals surface area contributed by atoms with E-state index in [1.54, 1.807) is 19.9 Å². The summed E-state index contributed by atoms with van der Waals surface area (Å²) in [5.74, 6) is -3.04. The number of halogens is 1. The van der Waals surface area contributed by atoms with Crippen LogP contribution in [0.2, 0.25) is 0 Å². The van der Waals surface area contributed by atoms with Crippen LogP contribution >= 0.6 is 0 Å². The number of anilines is 1. The van der Waals surface area contributed by atoms with Gasteiger partial charge in [0, 0.05) is 5.69 Å². The number of aliphatic carboxylic acids is 1. The Morgan fingerprint density at radius 3 is 2.50 bits per heavy atom. The summed E-state index contributed by atoms with van der Waals surface area (Å²) in [4.78, 5) is 22.9. The van der Waals surface area contributed by atoms with Crippen molar-refractivity contribution in [2.24, 2.45) is 17.3 Å². The molecule has 4 nitrogen and oxygen atoms in total. The Labute approximate surface area is 104 Å². The lowest BCUT2D eigenvalue weighted by Crippen LogP contribution is -2.17. The third-order valence-corrected chi connectivity index (χ3v) is 3.47. The summed E-state index contributed by atoms with van der Waals surface area (Å²) in [5.41, 5.74) is -0.213. The highest BCUT2D eigenvalue weighted by atomic mass is 19.1. The van der Waals surface area contributed by atoms with Crippen LogP contribution in [-0.4, -0.2) is 17.0 Å². The van der Waals surface area contributed by atoms with Crippen molar-refractivity contribution in [3.05, 3.63) is 30.1 Å². The van der Waals surface area contributed by atoms with Gasteiger partial charge in [-0.1, -0.05) is 19.9 Å². The number of carboxylic acids is 1. The second-order valence-electron chi connectivity index (χ2n) is 5.11. The minimum absolute atomic E-state index is 0.340. The molecule has 5 heteroatoms. The predicted molar refractivity (Wildman–Crippen MR) is 63.4 cm³/mol. The summed E-state index contributed by atoms with van der Waals surface area (Å²) in [5, 5.41) is 11.5. The van der Waals surface area contributed by atoms with Crippen LogP contribution in [0, 0.1) is 23.1 Å². The van der Waals surface area contributed by atoms with Crippen LogP contribution in [0.4, 0.5) is 10.1 Å². The van der Waals surface area contributed by atoms with E-state index in [9.17, 15) is 14.0 Å². The van der Waals surface area contributed by atoms with Crippen LogP contribution in [0.1, 0.15) is 13.8 Å². The van der Waals surface area contributed by atoms with Crippen LogP contribution < -0.4 is 5.32 Å². The molecule has 1 aromatic carbocycles. The Hall–Kier alpha value is -1.91. The smallest absolute Gasteiger partial charge is 0.307 e. The summed E-state index contributed by atoms with van der Waals surface area (Å²) < 4.78 is 12.9. The van der Waals surface area contributed by atoms with Gasteiger partial charge in [-0.15, -0.1) is 0 Å². The SMILES string of the molecule is CC1(C)C(C(=O)O)C1C(=O)Nc1cccc(F)c1. The molecule has 0 heterocycles. The van der Waals surface area contributed by atoms with Crippen LogP contribution in [0.5, 0.6) is 0 Å². The molecular weight excluding hydrogens is 237 g/mol. The molecule has 1 amide bonds. The monoisotopic (exact) mass is 251 g/mol. The second-order valence-corrected chi connectivity index (χ2v) is 5.11. The van der Waals surface area contributed by atoms with E-state index in [-0.39, 0.29) is 5.91 Å². The summed E-state index contributed by atoms with van der Waals surface area (Å²) in [6.45, 7) is 3.48. The topological polar surface area (TPSA) is 66.4 Å². The van der Waals surface area contributed by atoms with Crippen molar-refractivity contribution in [2.75, 3.05) is 5.32 Å². The standard InChI is InChI=1S/C13H14FNO3/c1-13(2)9(10(13)12(17)18)11(16)15-8-5-3-4-7(14)6-8/h3-6,9-10H,1-2H3,(H,15,16)(H,17,18). The molecule has 2 rings (SSSR count). The zero-order valence-electron chi connectivity index (χ0n) is 10.1. The Balaban J connectivity index is 2.08. The van der Waals surface area contributed by atoms with Crippen molar-refractivity contribution in [1.82, 2.24) is 0 Å². The molecule has 0 radical (unpaired) electrons. The van der Waals surface area contributed by atoms with Gasteiger partial charge in [0.15, 0.2) is 0 Å². The predicted octanol–water partition coefficient (Wildman–Crippen LogP) is 2.12. The number of hydrogen-bond donors (Lipinski definition) is 2. The average molecular weight is 251 g/mol. The van der Waals surface area contributed by atoms with Crippen LogP contribution in [0.3, 0.4) is 0 Å². The summed E-state index contributed by atoms with van der Waals surface area (Å²) in [6.07, 6.45) is 0. The fraction of sp³-hybridized carbons (Fsp3) is 0.385. The van der Waals surface area contributed by atoms with Gasteiger partial charge in [-0.25, -0.2) is 4.39 Å². The highest BCUT2D eigenvalue weighted by Crippen LogP contribution is 2.58. The number of amides is 1. The van der Waals surface area contributed by atoms with Crippen molar-refractivity contribution in [1.29, 1.82) is 0 Å². The van der Waals surface area contributed by atoms with Gasteiger partial charge in [0.05, 0.1) is 11.8 Å². The molecule has 1 aliphatic carbocycles. The quantitative estimate of drug-likeness (QED) is 0.864. The minimum atomic E-state index is -0.973. The van der Waals surface area contributed by atoms with E-state index in [0.29, 0.717) is 5.69 Å². The van der Waals surface area contributed by atoms with E-state index in [1.165, 1.54) is 18.2 Å². The number of carbonyl (C=O) groups is 2. The van der Waals surface area contributed by atoms with Gasteiger partial charge >= 0.3 is 5.97 Å². The molecule has 2 N–H and O–H groups in total. The van der Waals surface area contributed by atoms with Gasteiger partial charge in [0.2, 0.25) is 5.91 Å². The number of carbonyl (C=O) groups excluding carboxylic acids is 1. The molecule has 0 saturated heterocycles. The molecule has 1 aromatic rings. The van der Waals surface area contributed by atoms with Crippen molar-refractivity contribution in [3.8, 4) is 0 Å². The molecule has 1 aliphatic rings. The van der Waals surface area contributed by atoms with Gasteiger partial charge < -0.3 is 10.4 Å². The third kappa shape index (κ3) is 2.08. The summed E-state index contributed by atoms with van der Waals surface area (Å²) in [7, 11) is 0. The molecule has 0 aliphatic heterocycles. The lowest BCUT2D eigenvalue weighted by atomic mass is 10.1. The van der Waals surface area contributed by atoms with Crippen molar-refractivity contribution in [3.63, 3.8) is 0 Å². The molecule has 1 saturated carbocycles. The van der Waals surface area contributed by atoms with E-state index < -0.39 is 29.0 Å². The van der Waals surface area contributed by atoms with Crippen molar-refractivity contribution >= 4 is 17.6 Å². The first-order chi connectivity index (χ1) is 8.34. The van der Waals surface area contributed by atoms with Gasteiger partial charge in [0.1, 0.15) is 5.82 Å². The molecule has 2 atom stereocenters. The molecular formula is C13H14FNO3. The van der Waals surface area contributed by atoms with Crippen LogP contribution in [-0.2, 0) is 9.59 Å². The first-order valence-electron chi connectivity index (χ1n) is 5.63. The fourth-order valence-corrected chi connectivity index (χ4v) is 2.37. The molecule has 0 spiro atoms. The van der Waals surface area contributed by atoms with Gasteiger partial charge in [0.25, 0.3) is 0 Å². The lowest BCUT2D eigenvalue weighted by Gasteiger charge is -2.05. The molecule has 1 fully saturated rings. The second kappa shape index (κ2) is 4.08. The normalized spacial score (nSPS) is 24.4. The van der Waals surface area contributed by atoms with Gasteiger partial charge in [-0.05, 0) is 23.6 Å².